The van der Waals surface area contributed by atoms with Crippen molar-refractivity contribution < 1.29 is 4.79 Å². The Morgan fingerprint density at radius 3 is 2.81 bits per heavy atom. The second-order valence-corrected chi connectivity index (χ2v) is 9.12. The molecule has 1 atom stereocenters. The summed E-state index contributed by atoms with van der Waals surface area (Å²) in [6.45, 7) is 8.25. The topological polar surface area (TPSA) is 73.4 Å². The highest BCUT2D eigenvalue weighted by molar-refractivity contribution is 7.22. The van der Waals surface area contributed by atoms with E-state index in [4.69, 9.17) is 4.98 Å². The SMILES string of the molecule is CCN1CCCC(CNC(=O)Nc2nc3ccc(N(C)c4ccc(C)cc4)nc3s2)C1. The molecular formula is C23H30N6OS. The molecule has 0 spiro atoms. The number of fused-ring (bicyclic) bond motifs is 1. The third-order valence-corrected chi connectivity index (χ3v) is 6.71. The number of nitrogens with one attached hydrogen (secondary N) is 2. The number of pyridine rings is 1. The molecule has 2 N–H and O–H groups in total. The Labute approximate surface area is 187 Å². The molecule has 7 nitrogen and oxygen atoms in total. The van der Waals surface area contributed by atoms with Crippen molar-refractivity contribution in [3.05, 3.63) is 42.0 Å². The van der Waals surface area contributed by atoms with E-state index in [-0.39, 0.29) is 6.03 Å². The number of carbonyl (C=O) groups is 1. The molecule has 0 bridgehead atoms. The van der Waals surface area contributed by atoms with Crippen LogP contribution in [0.25, 0.3) is 10.3 Å². The fourth-order valence-electron chi connectivity index (χ4n) is 3.93. The van der Waals surface area contributed by atoms with E-state index in [1.54, 1.807) is 0 Å². The highest BCUT2D eigenvalue weighted by Crippen LogP contribution is 2.29. The van der Waals surface area contributed by atoms with Gasteiger partial charge in [0.15, 0.2) is 5.13 Å². The molecule has 2 aromatic heterocycles. The summed E-state index contributed by atoms with van der Waals surface area (Å²) in [6.07, 6.45) is 2.36. The molecule has 1 fully saturated rings. The second-order valence-electron chi connectivity index (χ2n) is 8.14. The molecule has 1 aliphatic heterocycles. The van der Waals surface area contributed by atoms with Gasteiger partial charge in [0.25, 0.3) is 0 Å². The lowest BCUT2D eigenvalue weighted by molar-refractivity contribution is 0.180. The van der Waals surface area contributed by atoms with Crippen LogP contribution in [0.2, 0.25) is 0 Å². The Morgan fingerprint density at radius 2 is 2.03 bits per heavy atom. The molecule has 1 saturated heterocycles. The maximum atomic E-state index is 12.4. The van der Waals surface area contributed by atoms with E-state index in [1.807, 2.05) is 24.1 Å². The molecule has 0 saturated carbocycles. The second kappa shape index (κ2) is 9.62. The highest BCUT2D eigenvalue weighted by Gasteiger charge is 2.19. The van der Waals surface area contributed by atoms with Crippen LogP contribution in [0.1, 0.15) is 25.3 Å². The van der Waals surface area contributed by atoms with Crippen LogP contribution in [0.3, 0.4) is 0 Å². The Hall–Kier alpha value is -2.71. The quantitative estimate of drug-likeness (QED) is 0.587. The molecule has 3 aromatic rings. The van der Waals surface area contributed by atoms with Crippen LogP contribution in [0.4, 0.5) is 21.4 Å². The minimum atomic E-state index is -0.204. The molecule has 0 radical (unpaired) electrons. The zero-order valence-electron chi connectivity index (χ0n) is 18.4. The predicted molar refractivity (Wildman–Crippen MR) is 129 cm³/mol. The standard InChI is InChI=1S/C23H30N6OS/c1-4-29-13-5-6-17(15-29)14-24-22(30)27-23-25-19-11-12-20(26-21(19)31-23)28(3)18-9-7-16(2)8-10-18/h7-12,17H,4-6,13-15H2,1-3H3,(H2,24,25,27,30). The first-order valence-electron chi connectivity index (χ1n) is 10.9. The van der Waals surface area contributed by atoms with Gasteiger partial charge in [0.2, 0.25) is 0 Å². The van der Waals surface area contributed by atoms with Crippen LogP contribution < -0.4 is 15.5 Å². The summed E-state index contributed by atoms with van der Waals surface area (Å²) in [5.74, 6) is 1.35. The van der Waals surface area contributed by atoms with Gasteiger partial charge in [-0.2, -0.15) is 0 Å². The number of piperidine rings is 1. The zero-order chi connectivity index (χ0) is 21.8. The van der Waals surface area contributed by atoms with Gasteiger partial charge < -0.3 is 15.1 Å². The number of aryl methyl sites for hydroxylation is 1. The molecule has 1 unspecified atom stereocenters. The Kier molecular flexibility index (Phi) is 6.67. The van der Waals surface area contributed by atoms with Crippen molar-refractivity contribution in [3.8, 4) is 0 Å². The first kappa shape index (κ1) is 21.5. The molecule has 164 valence electrons. The number of aromatic nitrogens is 2. The number of hydrogen-bond acceptors (Lipinski definition) is 6. The Bertz CT molecular complexity index is 1030. The molecular weight excluding hydrogens is 408 g/mol. The summed E-state index contributed by atoms with van der Waals surface area (Å²) in [5, 5.41) is 6.44. The fraction of sp³-hybridized carbons (Fsp3) is 0.435. The number of hydrogen-bond donors (Lipinski definition) is 2. The summed E-state index contributed by atoms with van der Waals surface area (Å²) in [7, 11) is 2.00. The first-order valence-corrected chi connectivity index (χ1v) is 11.7. The van der Waals surface area contributed by atoms with Gasteiger partial charge in [0, 0.05) is 25.8 Å². The van der Waals surface area contributed by atoms with Gasteiger partial charge in [-0.3, -0.25) is 5.32 Å². The molecule has 4 rings (SSSR count). The van der Waals surface area contributed by atoms with Gasteiger partial charge in [-0.15, -0.1) is 0 Å². The van der Waals surface area contributed by atoms with Gasteiger partial charge in [-0.1, -0.05) is 36.0 Å². The van der Waals surface area contributed by atoms with Crippen molar-refractivity contribution in [2.45, 2.75) is 26.7 Å². The van der Waals surface area contributed by atoms with E-state index in [2.05, 4.69) is 58.6 Å². The van der Waals surface area contributed by atoms with E-state index in [0.29, 0.717) is 17.6 Å². The lowest BCUT2D eigenvalue weighted by Gasteiger charge is -2.31. The fourth-order valence-corrected chi connectivity index (χ4v) is 4.76. The predicted octanol–water partition coefficient (Wildman–Crippen LogP) is 4.62. The normalized spacial score (nSPS) is 16.9. The smallest absolute Gasteiger partial charge is 0.321 e. The van der Waals surface area contributed by atoms with Crippen LogP contribution in [-0.4, -0.2) is 54.1 Å². The van der Waals surface area contributed by atoms with Crippen LogP contribution >= 0.6 is 11.3 Å². The Morgan fingerprint density at radius 1 is 1.23 bits per heavy atom. The number of benzene rings is 1. The maximum Gasteiger partial charge on any atom is 0.321 e. The zero-order valence-corrected chi connectivity index (χ0v) is 19.2. The number of urea groups is 1. The summed E-state index contributed by atoms with van der Waals surface area (Å²) < 4.78 is 0. The maximum absolute atomic E-state index is 12.4. The van der Waals surface area contributed by atoms with E-state index in [0.717, 1.165) is 34.9 Å². The average molecular weight is 439 g/mol. The molecule has 1 aromatic carbocycles. The lowest BCUT2D eigenvalue weighted by atomic mass is 9.98. The molecule has 3 heterocycles. The third-order valence-electron chi connectivity index (χ3n) is 5.83. The minimum absolute atomic E-state index is 0.204. The molecule has 0 aliphatic carbocycles. The van der Waals surface area contributed by atoms with Crippen LogP contribution in [0.15, 0.2) is 36.4 Å². The molecule has 31 heavy (non-hydrogen) atoms. The van der Waals surface area contributed by atoms with Crippen LogP contribution in [-0.2, 0) is 0 Å². The molecule has 1 aliphatic rings. The van der Waals surface area contributed by atoms with Gasteiger partial charge in [0.05, 0.1) is 0 Å². The summed E-state index contributed by atoms with van der Waals surface area (Å²) in [6, 6.07) is 12.0. The average Bonchev–Trinajstić information content (AvgIpc) is 3.19. The van der Waals surface area contributed by atoms with Gasteiger partial charge >= 0.3 is 6.03 Å². The van der Waals surface area contributed by atoms with E-state index in [9.17, 15) is 4.79 Å². The van der Waals surface area contributed by atoms with Gasteiger partial charge in [-0.05, 0) is 63.0 Å². The summed E-state index contributed by atoms with van der Waals surface area (Å²) in [5.41, 5.74) is 3.08. The van der Waals surface area contributed by atoms with Gasteiger partial charge in [0.1, 0.15) is 16.2 Å². The third kappa shape index (κ3) is 5.32. The van der Waals surface area contributed by atoms with E-state index < -0.39 is 0 Å². The summed E-state index contributed by atoms with van der Waals surface area (Å²) in [4.78, 5) is 26.9. The lowest BCUT2D eigenvalue weighted by Crippen LogP contribution is -2.41. The minimum Gasteiger partial charge on any atom is -0.337 e. The van der Waals surface area contributed by atoms with E-state index in [1.165, 1.54) is 36.3 Å². The van der Waals surface area contributed by atoms with Crippen molar-refractivity contribution >= 4 is 44.4 Å². The Balaban J connectivity index is 1.37. The van der Waals surface area contributed by atoms with Crippen LogP contribution in [0.5, 0.6) is 0 Å². The number of amides is 2. The van der Waals surface area contributed by atoms with E-state index >= 15 is 0 Å². The number of anilines is 3. The van der Waals surface area contributed by atoms with Gasteiger partial charge in [-0.25, -0.2) is 14.8 Å². The van der Waals surface area contributed by atoms with Crippen molar-refractivity contribution in [2.24, 2.45) is 5.92 Å². The summed E-state index contributed by atoms with van der Waals surface area (Å²) >= 11 is 1.39. The van der Waals surface area contributed by atoms with Crippen molar-refractivity contribution in [1.29, 1.82) is 0 Å². The highest BCUT2D eigenvalue weighted by atomic mass is 32.1. The van der Waals surface area contributed by atoms with Crippen molar-refractivity contribution in [1.82, 2.24) is 20.2 Å². The van der Waals surface area contributed by atoms with Crippen molar-refractivity contribution in [2.75, 3.05) is 43.4 Å². The molecule has 8 heteroatoms. The number of likely N-dealkylation sites (tertiary alicyclic amines) is 1. The number of carbonyl (C=O) groups excluding carboxylic acids is 1. The number of rotatable bonds is 6. The number of nitrogens with zero attached hydrogens (tertiary/aromatic N) is 4. The van der Waals surface area contributed by atoms with Crippen LogP contribution in [0, 0.1) is 12.8 Å². The van der Waals surface area contributed by atoms with Crippen molar-refractivity contribution in [3.63, 3.8) is 0 Å². The molecule has 2 amide bonds. The monoisotopic (exact) mass is 438 g/mol. The number of thiazole rings is 1. The first-order chi connectivity index (χ1) is 15.0. The largest absolute Gasteiger partial charge is 0.337 e.